The van der Waals surface area contributed by atoms with Crippen LogP contribution in [0.3, 0.4) is 0 Å². The van der Waals surface area contributed by atoms with Crippen LogP contribution in [-0.2, 0) is 6.54 Å². The molecule has 100 valence electrons. The summed E-state index contributed by atoms with van der Waals surface area (Å²) in [6.45, 7) is 6.91. The minimum absolute atomic E-state index is 0.0431. The lowest BCUT2D eigenvalue weighted by molar-refractivity contribution is -0.0690. The van der Waals surface area contributed by atoms with Crippen LogP contribution in [0.15, 0.2) is 18.3 Å². The minimum atomic E-state index is -0.315. The second-order valence-electron chi connectivity index (χ2n) is 5.69. The number of aliphatic hydroxyl groups is 1. The summed E-state index contributed by atoms with van der Waals surface area (Å²) in [6, 6.07) is 3.79. The standard InChI is InChI=1S/C14H22N2O2/c1-4-7-16-8-5-6-10(16)13(18)15-11-9-12(17)14(11,2)3/h5-6,8,11-12,17H,4,7,9H2,1-3H3,(H,15,18). The largest absolute Gasteiger partial charge is 0.392 e. The molecule has 2 atom stereocenters. The van der Waals surface area contributed by atoms with Crippen LogP contribution in [0.2, 0.25) is 0 Å². The van der Waals surface area contributed by atoms with Crippen molar-refractivity contribution in [1.29, 1.82) is 0 Å². The van der Waals surface area contributed by atoms with Gasteiger partial charge in [0.25, 0.3) is 5.91 Å². The number of hydrogen-bond donors (Lipinski definition) is 2. The maximum absolute atomic E-state index is 12.2. The van der Waals surface area contributed by atoms with Crippen molar-refractivity contribution in [3.63, 3.8) is 0 Å². The Balaban J connectivity index is 2.02. The molecule has 0 radical (unpaired) electrons. The van der Waals surface area contributed by atoms with E-state index in [-0.39, 0.29) is 23.5 Å². The smallest absolute Gasteiger partial charge is 0.268 e. The van der Waals surface area contributed by atoms with Crippen molar-refractivity contribution in [1.82, 2.24) is 9.88 Å². The Bertz CT molecular complexity index is 437. The number of carbonyl (C=O) groups excluding carboxylic acids is 1. The van der Waals surface area contributed by atoms with E-state index >= 15 is 0 Å². The van der Waals surface area contributed by atoms with Crippen LogP contribution in [0.25, 0.3) is 0 Å². The van der Waals surface area contributed by atoms with Gasteiger partial charge < -0.3 is 15.0 Å². The molecule has 0 bridgehead atoms. The van der Waals surface area contributed by atoms with Crippen molar-refractivity contribution >= 4 is 5.91 Å². The van der Waals surface area contributed by atoms with Gasteiger partial charge in [-0.3, -0.25) is 4.79 Å². The molecule has 18 heavy (non-hydrogen) atoms. The summed E-state index contributed by atoms with van der Waals surface area (Å²) in [7, 11) is 0. The molecule has 0 aromatic carbocycles. The van der Waals surface area contributed by atoms with Crippen molar-refractivity contribution in [2.75, 3.05) is 0 Å². The van der Waals surface area contributed by atoms with Crippen LogP contribution < -0.4 is 5.32 Å². The fraction of sp³-hybridized carbons (Fsp3) is 0.643. The highest BCUT2D eigenvalue weighted by molar-refractivity contribution is 5.93. The third-order valence-electron chi connectivity index (χ3n) is 4.05. The summed E-state index contributed by atoms with van der Waals surface area (Å²) >= 11 is 0. The average molecular weight is 250 g/mol. The number of aromatic nitrogens is 1. The Hall–Kier alpha value is -1.29. The van der Waals surface area contributed by atoms with Gasteiger partial charge in [0.1, 0.15) is 5.69 Å². The maximum atomic E-state index is 12.2. The van der Waals surface area contributed by atoms with Crippen LogP contribution in [0.4, 0.5) is 0 Å². The zero-order valence-corrected chi connectivity index (χ0v) is 11.3. The molecule has 1 heterocycles. The van der Waals surface area contributed by atoms with Crippen LogP contribution >= 0.6 is 0 Å². The van der Waals surface area contributed by atoms with Crippen molar-refractivity contribution in [3.05, 3.63) is 24.0 Å². The lowest BCUT2D eigenvalue weighted by Crippen LogP contribution is -2.61. The Morgan fingerprint density at radius 2 is 2.33 bits per heavy atom. The first-order valence-corrected chi connectivity index (χ1v) is 6.61. The van der Waals surface area contributed by atoms with Crippen LogP contribution in [0, 0.1) is 5.41 Å². The molecule has 2 N–H and O–H groups in total. The van der Waals surface area contributed by atoms with E-state index in [9.17, 15) is 9.90 Å². The van der Waals surface area contributed by atoms with Gasteiger partial charge in [-0.1, -0.05) is 20.8 Å². The van der Waals surface area contributed by atoms with E-state index in [0.717, 1.165) is 13.0 Å². The van der Waals surface area contributed by atoms with Gasteiger partial charge in [-0.05, 0) is 25.0 Å². The normalized spacial score (nSPS) is 25.6. The number of amides is 1. The number of nitrogens with one attached hydrogen (secondary N) is 1. The van der Waals surface area contributed by atoms with Gasteiger partial charge in [0, 0.05) is 24.2 Å². The second kappa shape index (κ2) is 4.76. The first-order chi connectivity index (χ1) is 8.46. The van der Waals surface area contributed by atoms with E-state index in [2.05, 4.69) is 12.2 Å². The van der Waals surface area contributed by atoms with Gasteiger partial charge >= 0.3 is 0 Å². The fourth-order valence-electron chi connectivity index (χ4n) is 2.44. The molecular weight excluding hydrogens is 228 g/mol. The highest BCUT2D eigenvalue weighted by Gasteiger charge is 2.48. The Labute approximate surface area is 108 Å². The van der Waals surface area contributed by atoms with Crippen molar-refractivity contribution < 1.29 is 9.90 Å². The Morgan fingerprint density at radius 1 is 1.61 bits per heavy atom. The lowest BCUT2D eigenvalue weighted by Gasteiger charge is -2.49. The fourth-order valence-corrected chi connectivity index (χ4v) is 2.44. The SMILES string of the molecule is CCCn1cccc1C(=O)NC1CC(O)C1(C)C. The quantitative estimate of drug-likeness (QED) is 0.856. The molecule has 1 aromatic rings. The Morgan fingerprint density at radius 3 is 2.89 bits per heavy atom. The number of aliphatic hydroxyl groups excluding tert-OH is 1. The zero-order chi connectivity index (χ0) is 13.3. The molecular formula is C14H22N2O2. The molecule has 1 aliphatic rings. The number of carbonyl (C=O) groups is 1. The van der Waals surface area contributed by atoms with E-state index in [4.69, 9.17) is 0 Å². The van der Waals surface area contributed by atoms with Crippen molar-refractivity contribution in [2.45, 2.75) is 52.3 Å². The topological polar surface area (TPSA) is 54.3 Å². The molecule has 1 aromatic heterocycles. The summed E-state index contributed by atoms with van der Waals surface area (Å²) in [5.74, 6) is -0.0431. The summed E-state index contributed by atoms with van der Waals surface area (Å²) in [6.07, 6.45) is 3.26. The molecule has 0 saturated heterocycles. The summed E-state index contributed by atoms with van der Waals surface area (Å²) in [5.41, 5.74) is 0.478. The van der Waals surface area contributed by atoms with Gasteiger partial charge in [-0.25, -0.2) is 0 Å². The molecule has 4 nitrogen and oxygen atoms in total. The first-order valence-electron chi connectivity index (χ1n) is 6.61. The molecule has 4 heteroatoms. The predicted molar refractivity (Wildman–Crippen MR) is 70.4 cm³/mol. The Kier molecular flexibility index (Phi) is 3.48. The second-order valence-corrected chi connectivity index (χ2v) is 5.69. The van der Waals surface area contributed by atoms with Crippen LogP contribution in [0.5, 0.6) is 0 Å². The first kappa shape index (κ1) is 13.1. The van der Waals surface area contributed by atoms with Gasteiger partial charge in [-0.2, -0.15) is 0 Å². The summed E-state index contributed by atoms with van der Waals surface area (Å²) in [4.78, 5) is 12.2. The van der Waals surface area contributed by atoms with Gasteiger partial charge in [0.2, 0.25) is 0 Å². The third-order valence-corrected chi connectivity index (χ3v) is 4.05. The molecule has 1 aliphatic carbocycles. The van der Waals surface area contributed by atoms with E-state index in [1.54, 1.807) is 0 Å². The minimum Gasteiger partial charge on any atom is -0.392 e. The molecule has 2 unspecified atom stereocenters. The van der Waals surface area contributed by atoms with Crippen LogP contribution in [0.1, 0.15) is 44.1 Å². The number of rotatable bonds is 4. The van der Waals surface area contributed by atoms with E-state index < -0.39 is 0 Å². The number of hydrogen-bond acceptors (Lipinski definition) is 2. The predicted octanol–water partition coefficient (Wildman–Crippen LogP) is 1.79. The molecule has 1 amide bonds. The van der Waals surface area contributed by atoms with Gasteiger partial charge in [0.05, 0.1) is 6.10 Å². The maximum Gasteiger partial charge on any atom is 0.268 e. The van der Waals surface area contributed by atoms with Crippen molar-refractivity contribution in [3.8, 4) is 0 Å². The number of nitrogens with zero attached hydrogens (tertiary/aromatic N) is 1. The molecule has 1 saturated carbocycles. The number of aryl methyl sites for hydroxylation is 1. The lowest BCUT2D eigenvalue weighted by atomic mass is 9.64. The van der Waals surface area contributed by atoms with Gasteiger partial charge in [-0.15, -0.1) is 0 Å². The monoisotopic (exact) mass is 250 g/mol. The zero-order valence-electron chi connectivity index (χ0n) is 11.3. The third kappa shape index (κ3) is 2.17. The van der Waals surface area contributed by atoms with E-state index in [0.29, 0.717) is 12.1 Å². The highest BCUT2D eigenvalue weighted by Crippen LogP contribution is 2.40. The van der Waals surface area contributed by atoms with Crippen molar-refractivity contribution in [2.24, 2.45) is 5.41 Å². The summed E-state index contributed by atoms with van der Waals surface area (Å²) in [5, 5.41) is 12.7. The highest BCUT2D eigenvalue weighted by atomic mass is 16.3. The molecule has 0 aliphatic heterocycles. The summed E-state index contributed by atoms with van der Waals surface area (Å²) < 4.78 is 1.97. The van der Waals surface area contributed by atoms with E-state index in [1.165, 1.54) is 0 Å². The van der Waals surface area contributed by atoms with Crippen LogP contribution in [-0.4, -0.2) is 27.7 Å². The molecule has 2 rings (SSSR count). The molecule has 1 fully saturated rings. The molecule has 0 spiro atoms. The van der Waals surface area contributed by atoms with E-state index in [1.807, 2.05) is 36.7 Å². The van der Waals surface area contributed by atoms with Gasteiger partial charge in [0.15, 0.2) is 0 Å². The average Bonchev–Trinajstić information content (AvgIpc) is 2.77.